The number of carbonyl (C=O) groups is 1. The Kier molecular flexibility index (Phi) is 7.95. The summed E-state index contributed by atoms with van der Waals surface area (Å²) in [5.74, 6) is -0.520. The molecule has 1 saturated heterocycles. The molecule has 0 amide bonds. The molecule has 0 aromatic heterocycles. The summed E-state index contributed by atoms with van der Waals surface area (Å²) in [5.41, 5.74) is 1.21. The molecule has 0 spiro atoms. The van der Waals surface area contributed by atoms with Crippen LogP contribution in [0.4, 0.5) is 10.1 Å². The van der Waals surface area contributed by atoms with Gasteiger partial charge in [0.2, 0.25) is 0 Å². The molecule has 6 heteroatoms. The minimum absolute atomic E-state index is 0.0325. The Balaban J connectivity index is 1.62. The van der Waals surface area contributed by atoms with Crippen LogP contribution in [0, 0.1) is 11.7 Å². The molecule has 1 fully saturated rings. The molecule has 3 rings (SSSR count). The number of hydrogen-bond acceptors (Lipinski definition) is 4. The van der Waals surface area contributed by atoms with Crippen LogP contribution in [0.15, 0.2) is 48.5 Å². The maximum atomic E-state index is 13.5. The minimum atomic E-state index is -0.773. The molecule has 2 aromatic carbocycles. The van der Waals surface area contributed by atoms with Gasteiger partial charge < -0.3 is 9.64 Å². The van der Waals surface area contributed by atoms with Crippen molar-refractivity contribution in [1.29, 1.82) is 0 Å². The number of halogens is 2. The first-order valence-electron chi connectivity index (χ1n) is 10.9. The van der Waals surface area contributed by atoms with Crippen LogP contribution in [0.1, 0.15) is 32.3 Å². The second-order valence-corrected chi connectivity index (χ2v) is 8.97. The summed E-state index contributed by atoms with van der Waals surface area (Å²) in [4.78, 5) is 17.7. The topological polar surface area (TPSA) is 32.8 Å². The van der Waals surface area contributed by atoms with Crippen molar-refractivity contribution in [3.8, 4) is 0 Å². The highest BCUT2D eigenvalue weighted by atomic mass is 35.5. The number of piperazine rings is 1. The van der Waals surface area contributed by atoms with Crippen molar-refractivity contribution in [3.63, 3.8) is 0 Å². The molecular weight excluding hydrogens is 415 g/mol. The summed E-state index contributed by atoms with van der Waals surface area (Å²) in [6.07, 6.45) is 1.53. The van der Waals surface area contributed by atoms with E-state index in [1.54, 1.807) is 12.1 Å². The monoisotopic (exact) mass is 446 g/mol. The van der Waals surface area contributed by atoms with Gasteiger partial charge in [0.05, 0.1) is 12.5 Å². The minimum Gasteiger partial charge on any atom is -0.468 e. The van der Waals surface area contributed by atoms with Crippen molar-refractivity contribution < 1.29 is 13.9 Å². The van der Waals surface area contributed by atoms with Crippen molar-refractivity contribution >= 4 is 23.3 Å². The van der Waals surface area contributed by atoms with E-state index in [0.29, 0.717) is 6.42 Å². The van der Waals surface area contributed by atoms with Gasteiger partial charge in [0.1, 0.15) is 5.82 Å². The molecule has 2 aromatic rings. The lowest BCUT2D eigenvalue weighted by Crippen LogP contribution is -2.47. The lowest BCUT2D eigenvalue weighted by Gasteiger charge is -2.38. The Morgan fingerprint density at radius 1 is 1.13 bits per heavy atom. The Morgan fingerprint density at radius 2 is 1.81 bits per heavy atom. The van der Waals surface area contributed by atoms with Crippen LogP contribution in [-0.2, 0) is 14.9 Å². The molecule has 0 aliphatic carbocycles. The number of esters is 1. The first-order valence-corrected chi connectivity index (χ1v) is 11.3. The fraction of sp³-hybridized carbons (Fsp3) is 0.480. The smallest absolute Gasteiger partial charge is 0.316 e. The van der Waals surface area contributed by atoms with Crippen LogP contribution in [0.3, 0.4) is 0 Å². The van der Waals surface area contributed by atoms with Gasteiger partial charge in [0, 0.05) is 36.9 Å². The Morgan fingerprint density at radius 3 is 2.39 bits per heavy atom. The van der Waals surface area contributed by atoms with Crippen LogP contribution in [0.25, 0.3) is 0 Å². The fourth-order valence-electron chi connectivity index (χ4n) is 4.64. The molecular formula is C25H32ClFN2O2. The van der Waals surface area contributed by atoms with Crippen molar-refractivity contribution in [3.05, 3.63) is 64.9 Å². The highest BCUT2D eigenvalue weighted by molar-refractivity contribution is 6.30. The molecule has 31 heavy (non-hydrogen) atoms. The summed E-state index contributed by atoms with van der Waals surface area (Å²) in [5, 5.41) is 0.758. The second-order valence-electron chi connectivity index (χ2n) is 8.54. The van der Waals surface area contributed by atoms with Gasteiger partial charge in [-0.1, -0.05) is 43.6 Å². The van der Waals surface area contributed by atoms with Gasteiger partial charge in [-0.3, -0.25) is 9.69 Å². The Labute approximate surface area is 189 Å². The van der Waals surface area contributed by atoms with E-state index in [0.717, 1.165) is 55.4 Å². The summed E-state index contributed by atoms with van der Waals surface area (Å²) in [6, 6.07) is 14.3. The highest BCUT2D eigenvalue weighted by Crippen LogP contribution is 2.38. The average Bonchev–Trinajstić information content (AvgIpc) is 2.77. The lowest BCUT2D eigenvalue weighted by atomic mass is 9.68. The van der Waals surface area contributed by atoms with Gasteiger partial charge in [0.15, 0.2) is 0 Å². The van der Waals surface area contributed by atoms with E-state index in [2.05, 4.69) is 15.9 Å². The quantitative estimate of drug-likeness (QED) is 0.525. The van der Waals surface area contributed by atoms with Crippen LogP contribution in [-0.4, -0.2) is 50.7 Å². The molecule has 168 valence electrons. The number of anilines is 1. The van der Waals surface area contributed by atoms with E-state index in [4.69, 9.17) is 16.3 Å². The second kappa shape index (κ2) is 10.5. The zero-order valence-corrected chi connectivity index (χ0v) is 19.4. The number of methoxy groups -OCH3 is 1. The first kappa shape index (κ1) is 23.6. The van der Waals surface area contributed by atoms with Crippen LogP contribution < -0.4 is 4.90 Å². The number of rotatable bonds is 8. The standard InChI is InChI=1S/C25H32ClFN2O2/c1-19(2)25(24(30)31-3,20-8-10-22(27)11-9-20)12-5-13-28-14-16-29(17-15-28)23-7-4-6-21(26)18-23/h4,6-11,18-19H,5,12-17H2,1-3H3. The average molecular weight is 447 g/mol. The largest absolute Gasteiger partial charge is 0.468 e. The van der Waals surface area contributed by atoms with E-state index in [9.17, 15) is 9.18 Å². The van der Waals surface area contributed by atoms with Gasteiger partial charge in [-0.25, -0.2) is 4.39 Å². The third kappa shape index (κ3) is 5.39. The van der Waals surface area contributed by atoms with Crippen LogP contribution in [0.5, 0.6) is 0 Å². The van der Waals surface area contributed by atoms with Gasteiger partial charge in [-0.15, -0.1) is 0 Å². The van der Waals surface area contributed by atoms with Crippen LogP contribution in [0.2, 0.25) is 5.02 Å². The van der Waals surface area contributed by atoms with E-state index in [-0.39, 0.29) is 17.7 Å². The Bertz CT molecular complexity index is 866. The highest BCUT2D eigenvalue weighted by Gasteiger charge is 2.44. The number of carbonyl (C=O) groups excluding carboxylic acids is 1. The van der Waals surface area contributed by atoms with Crippen molar-refractivity contribution in [1.82, 2.24) is 4.90 Å². The number of nitrogens with zero attached hydrogens (tertiary/aromatic N) is 2. The molecule has 4 nitrogen and oxygen atoms in total. The molecule has 1 unspecified atom stereocenters. The van der Waals surface area contributed by atoms with Gasteiger partial charge in [-0.2, -0.15) is 0 Å². The number of ether oxygens (including phenoxy) is 1. The molecule has 1 aliphatic heterocycles. The maximum absolute atomic E-state index is 13.5. The predicted molar refractivity (Wildman–Crippen MR) is 124 cm³/mol. The van der Waals surface area contributed by atoms with E-state index in [1.165, 1.54) is 19.2 Å². The van der Waals surface area contributed by atoms with E-state index in [1.807, 2.05) is 32.0 Å². The third-order valence-electron chi connectivity index (χ3n) is 6.49. The van der Waals surface area contributed by atoms with Crippen molar-refractivity contribution in [2.45, 2.75) is 32.1 Å². The number of hydrogen-bond donors (Lipinski definition) is 0. The SMILES string of the molecule is COC(=O)C(CCCN1CCN(c2cccc(Cl)c2)CC1)(c1ccc(F)cc1)C(C)C. The van der Waals surface area contributed by atoms with Crippen molar-refractivity contribution in [2.75, 3.05) is 44.7 Å². The van der Waals surface area contributed by atoms with Crippen LogP contribution >= 0.6 is 11.6 Å². The molecule has 1 heterocycles. The molecule has 0 N–H and O–H groups in total. The molecule has 0 bridgehead atoms. The normalized spacial score (nSPS) is 16.9. The Hall–Kier alpha value is -2.11. The molecule has 1 aliphatic rings. The van der Waals surface area contributed by atoms with Crippen molar-refractivity contribution in [2.24, 2.45) is 5.92 Å². The van der Waals surface area contributed by atoms with Gasteiger partial charge >= 0.3 is 5.97 Å². The zero-order valence-electron chi connectivity index (χ0n) is 18.6. The first-order chi connectivity index (χ1) is 14.9. The summed E-state index contributed by atoms with van der Waals surface area (Å²) < 4.78 is 18.7. The predicted octanol–water partition coefficient (Wildman–Crippen LogP) is 5.15. The summed E-state index contributed by atoms with van der Waals surface area (Å²) in [6.45, 7) is 8.81. The maximum Gasteiger partial charge on any atom is 0.316 e. The lowest BCUT2D eigenvalue weighted by molar-refractivity contribution is -0.150. The number of benzene rings is 2. The molecule has 1 atom stereocenters. The van der Waals surface area contributed by atoms with Gasteiger partial charge in [0.25, 0.3) is 0 Å². The fourth-order valence-corrected chi connectivity index (χ4v) is 4.82. The van der Waals surface area contributed by atoms with E-state index < -0.39 is 5.41 Å². The van der Waals surface area contributed by atoms with E-state index >= 15 is 0 Å². The van der Waals surface area contributed by atoms with Gasteiger partial charge in [-0.05, 0) is 61.2 Å². The molecule has 0 radical (unpaired) electrons. The third-order valence-corrected chi connectivity index (χ3v) is 6.72. The molecule has 0 saturated carbocycles. The summed E-state index contributed by atoms with van der Waals surface area (Å²) >= 11 is 6.13. The summed E-state index contributed by atoms with van der Waals surface area (Å²) in [7, 11) is 1.43. The zero-order chi connectivity index (χ0) is 22.4.